The van der Waals surface area contributed by atoms with E-state index >= 15 is 0 Å². The van der Waals surface area contributed by atoms with Gasteiger partial charge in [0.2, 0.25) is 0 Å². The number of amides is 1. The van der Waals surface area contributed by atoms with Gasteiger partial charge in [0.05, 0.1) is 5.01 Å². The van der Waals surface area contributed by atoms with Gasteiger partial charge < -0.3 is 15.8 Å². The largest absolute Gasteiger partial charge is 0.381 e. The van der Waals surface area contributed by atoms with E-state index in [9.17, 15) is 4.79 Å². The summed E-state index contributed by atoms with van der Waals surface area (Å²) in [5.41, 5.74) is 5.93. The molecule has 1 aromatic heterocycles. The van der Waals surface area contributed by atoms with E-state index in [4.69, 9.17) is 10.5 Å². The number of aromatic nitrogens is 1. The molecule has 1 amide bonds. The molecule has 1 heterocycles. The van der Waals surface area contributed by atoms with Gasteiger partial charge in [-0.25, -0.2) is 4.98 Å². The lowest BCUT2D eigenvalue weighted by molar-refractivity contribution is 0.0921. The van der Waals surface area contributed by atoms with E-state index in [2.05, 4.69) is 24.1 Å². The van der Waals surface area contributed by atoms with Gasteiger partial charge in [-0.15, -0.1) is 11.3 Å². The maximum Gasteiger partial charge on any atom is 0.270 e. The lowest BCUT2D eigenvalue weighted by Crippen LogP contribution is -2.25. The van der Waals surface area contributed by atoms with Crippen LogP contribution in [0.4, 0.5) is 0 Å². The SMILES string of the molecule is CC(C)COCCCNC(=O)c1csc(CCN)n1. The molecular formula is C13H23N3O2S. The van der Waals surface area contributed by atoms with Crippen LogP contribution in [0.3, 0.4) is 0 Å². The summed E-state index contributed by atoms with van der Waals surface area (Å²) in [5.74, 6) is 0.425. The van der Waals surface area contributed by atoms with Crippen molar-refractivity contribution in [1.29, 1.82) is 0 Å². The van der Waals surface area contributed by atoms with Crippen LogP contribution in [0.1, 0.15) is 35.8 Å². The zero-order valence-corrected chi connectivity index (χ0v) is 12.5. The fraction of sp³-hybridized carbons (Fsp3) is 0.692. The lowest BCUT2D eigenvalue weighted by atomic mass is 10.2. The second-order valence-electron chi connectivity index (χ2n) is 4.74. The fourth-order valence-corrected chi connectivity index (χ4v) is 2.23. The number of ether oxygens (including phenoxy) is 1. The number of thiazole rings is 1. The smallest absolute Gasteiger partial charge is 0.270 e. The highest BCUT2D eigenvalue weighted by atomic mass is 32.1. The first-order chi connectivity index (χ1) is 9.13. The molecule has 0 bridgehead atoms. The van der Waals surface area contributed by atoms with E-state index in [1.54, 1.807) is 5.38 Å². The minimum atomic E-state index is -0.122. The minimum Gasteiger partial charge on any atom is -0.381 e. The van der Waals surface area contributed by atoms with Crippen molar-refractivity contribution in [2.24, 2.45) is 11.7 Å². The highest BCUT2D eigenvalue weighted by Gasteiger charge is 2.09. The molecule has 3 N–H and O–H groups in total. The molecule has 0 aliphatic carbocycles. The van der Waals surface area contributed by atoms with E-state index in [0.717, 1.165) is 24.5 Å². The van der Waals surface area contributed by atoms with Gasteiger partial charge >= 0.3 is 0 Å². The molecule has 0 radical (unpaired) electrons. The summed E-state index contributed by atoms with van der Waals surface area (Å²) in [7, 11) is 0. The summed E-state index contributed by atoms with van der Waals surface area (Å²) >= 11 is 1.48. The first-order valence-electron chi connectivity index (χ1n) is 6.64. The third-order valence-electron chi connectivity index (χ3n) is 2.34. The third-order valence-corrected chi connectivity index (χ3v) is 3.25. The first-order valence-corrected chi connectivity index (χ1v) is 7.52. The summed E-state index contributed by atoms with van der Waals surface area (Å²) in [4.78, 5) is 16.0. The number of nitrogens with zero attached hydrogens (tertiary/aromatic N) is 1. The number of carbonyl (C=O) groups excluding carboxylic acids is 1. The molecule has 0 saturated heterocycles. The van der Waals surface area contributed by atoms with E-state index in [1.807, 2.05) is 0 Å². The van der Waals surface area contributed by atoms with Crippen LogP contribution in [0.15, 0.2) is 5.38 Å². The minimum absolute atomic E-state index is 0.122. The van der Waals surface area contributed by atoms with Crippen LogP contribution >= 0.6 is 11.3 Å². The molecule has 5 nitrogen and oxygen atoms in total. The molecule has 0 unspecified atom stereocenters. The summed E-state index contributed by atoms with van der Waals surface area (Å²) in [6.07, 6.45) is 1.54. The Balaban J connectivity index is 2.16. The first kappa shape index (κ1) is 16.1. The fourth-order valence-electron chi connectivity index (χ4n) is 1.44. The highest BCUT2D eigenvalue weighted by Crippen LogP contribution is 2.09. The molecule has 1 rings (SSSR count). The van der Waals surface area contributed by atoms with Crippen molar-refractivity contribution in [3.63, 3.8) is 0 Å². The van der Waals surface area contributed by atoms with Crippen molar-refractivity contribution >= 4 is 17.2 Å². The summed E-state index contributed by atoms with van der Waals surface area (Å²) in [6, 6.07) is 0. The number of carbonyl (C=O) groups is 1. The Morgan fingerprint density at radius 2 is 2.37 bits per heavy atom. The normalized spacial score (nSPS) is 10.9. The molecule has 1 aromatic rings. The summed E-state index contributed by atoms with van der Waals surface area (Å²) in [5, 5.41) is 5.52. The Bertz CT molecular complexity index is 380. The molecule has 0 aliphatic heterocycles. The molecule has 6 heteroatoms. The van der Waals surface area contributed by atoms with Crippen LogP contribution in [0, 0.1) is 5.92 Å². The zero-order valence-electron chi connectivity index (χ0n) is 11.6. The standard InChI is InChI=1S/C13H23N3O2S/c1-10(2)8-18-7-3-6-15-13(17)11-9-19-12(16-11)4-5-14/h9-10H,3-8,14H2,1-2H3,(H,15,17). The van der Waals surface area contributed by atoms with Gasteiger partial charge in [-0.3, -0.25) is 4.79 Å². The second kappa shape index (κ2) is 9.01. The van der Waals surface area contributed by atoms with Crippen LogP contribution in [0.25, 0.3) is 0 Å². The predicted molar refractivity (Wildman–Crippen MR) is 77.5 cm³/mol. The van der Waals surface area contributed by atoms with Gasteiger partial charge in [0, 0.05) is 31.6 Å². The third kappa shape index (κ3) is 6.66. The van der Waals surface area contributed by atoms with Crippen molar-refractivity contribution in [1.82, 2.24) is 10.3 Å². The Morgan fingerprint density at radius 3 is 3.05 bits per heavy atom. The van der Waals surface area contributed by atoms with Gasteiger partial charge in [-0.05, 0) is 18.9 Å². The zero-order chi connectivity index (χ0) is 14.1. The van der Waals surface area contributed by atoms with E-state index in [1.165, 1.54) is 11.3 Å². The van der Waals surface area contributed by atoms with Crippen molar-refractivity contribution < 1.29 is 9.53 Å². The van der Waals surface area contributed by atoms with Crippen molar-refractivity contribution in [3.05, 3.63) is 16.1 Å². The molecule has 0 fully saturated rings. The predicted octanol–water partition coefficient (Wildman–Crippen LogP) is 1.44. The van der Waals surface area contributed by atoms with Gasteiger partial charge in [-0.1, -0.05) is 13.8 Å². The van der Waals surface area contributed by atoms with Crippen LogP contribution in [0.2, 0.25) is 0 Å². The van der Waals surface area contributed by atoms with Crippen molar-refractivity contribution in [3.8, 4) is 0 Å². The molecule has 0 atom stereocenters. The van der Waals surface area contributed by atoms with Gasteiger partial charge in [0.15, 0.2) is 0 Å². The Labute approximate surface area is 118 Å². The lowest BCUT2D eigenvalue weighted by Gasteiger charge is -2.07. The van der Waals surface area contributed by atoms with Gasteiger partial charge in [-0.2, -0.15) is 0 Å². The second-order valence-corrected chi connectivity index (χ2v) is 5.69. The molecule has 0 spiro atoms. The maximum atomic E-state index is 11.8. The molecule has 19 heavy (non-hydrogen) atoms. The average Bonchev–Trinajstić information content (AvgIpc) is 2.82. The number of rotatable bonds is 9. The number of hydrogen-bond donors (Lipinski definition) is 2. The highest BCUT2D eigenvalue weighted by molar-refractivity contribution is 7.09. The van der Waals surface area contributed by atoms with Crippen LogP contribution in [0.5, 0.6) is 0 Å². The molecule has 108 valence electrons. The van der Waals surface area contributed by atoms with Crippen LogP contribution < -0.4 is 11.1 Å². The van der Waals surface area contributed by atoms with E-state index in [0.29, 0.717) is 31.3 Å². The Morgan fingerprint density at radius 1 is 1.58 bits per heavy atom. The average molecular weight is 285 g/mol. The van der Waals surface area contributed by atoms with Gasteiger partial charge in [0.1, 0.15) is 5.69 Å². The van der Waals surface area contributed by atoms with Crippen LogP contribution in [-0.4, -0.2) is 37.2 Å². The van der Waals surface area contributed by atoms with E-state index in [-0.39, 0.29) is 5.91 Å². The quantitative estimate of drug-likeness (QED) is 0.673. The topological polar surface area (TPSA) is 77.2 Å². The Kier molecular flexibility index (Phi) is 7.62. The Hall–Kier alpha value is -0.980. The monoisotopic (exact) mass is 285 g/mol. The number of nitrogens with two attached hydrogens (primary N) is 1. The van der Waals surface area contributed by atoms with Gasteiger partial charge in [0.25, 0.3) is 5.91 Å². The van der Waals surface area contributed by atoms with Crippen LogP contribution in [-0.2, 0) is 11.2 Å². The van der Waals surface area contributed by atoms with Crippen molar-refractivity contribution in [2.45, 2.75) is 26.7 Å². The number of nitrogens with one attached hydrogen (secondary N) is 1. The van der Waals surface area contributed by atoms with Crippen molar-refractivity contribution in [2.75, 3.05) is 26.3 Å². The summed E-state index contributed by atoms with van der Waals surface area (Å²) < 4.78 is 5.44. The molecular weight excluding hydrogens is 262 g/mol. The summed E-state index contributed by atoms with van der Waals surface area (Å²) in [6.45, 7) is 6.84. The maximum absolute atomic E-state index is 11.8. The molecule has 0 saturated carbocycles. The molecule has 0 aromatic carbocycles. The van der Waals surface area contributed by atoms with E-state index < -0.39 is 0 Å². The molecule has 0 aliphatic rings. The number of hydrogen-bond acceptors (Lipinski definition) is 5.